The highest BCUT2D eigenvalue weighted by Crippen LogP contribution is 2.29. The van der Waals surface area contributed by atoms with Gasteiger partial charge in [0.25, 0.3) is 0 Å². The van der Waals surface area contributed by atoms with E-state index < -0.39 is 0 Å². The van der Waals surface area contributed by atoms with Gasteiger partial charge in [0.1, 0.15) is 10.00 Å². The molecule has 0 bridgehead atoms. The minimum atomic E-state index is 0.429. The highest BCUT2D eigenvalue weighted by Gasteiger charge is 2.11. The van der Waals surface area contributed by atoms with Crippen molar-refractivity contribution in [3.63, 3.8) is 0 Å². The quantitative estimate of drug-likeness (QED) is 0.632. The van der Waals surface area contributed by atoms with Gasteiger partial charge in [-0.2, -0.15) is 0 Å². The Labute approximate surface area is 126 Å². The van der Waals surface area contributed by atoms with Crippen molar-refractivity contribution in [2.24, 2.45) is 5.73 Å². The zero-order valence-electron chi connectivity index (χ0n) is 10.6. The Morgan fingerprint density at radius 3 is 3.00 bits per heavy atom. The molecule has 2 rings (SSSR count). The van der Waals surface area contributed by atoms with Crippen molar-refractivity contribution in [2.75, 3.05) is 11.1 Å². The number of thiocarbonyl (C=S) groups is 1. The van der Waals surface area contributed by atoms with Crippen molar-refractivity contribution in [3.05, 3.63) is 40.3 Å². The third kappa shape index (κ3) is 3.68. The first kappa shape index (κ1) is 14.3. The Balaban J connectivity index is 2.23. The number of nitrogens with one attached hydrogen (secondary N) is 1. The summed E-state index contributed by atoms with van der Waals surface area (Å²) in [5.41, 5.74) is 7.76. The molecule has 0 saturated carbocycles. The van der Waals surface area contributed by atoms with Crippen LogP contribution in [0.2, 0.25) is 0 Å². The van der Waals surface area contributed by atoms with Gasteiger partial charge in [-0.15, -0.1) is 23.1 Å². The van der Waals surface area contributed by atoms with Crippen LogP contribution in [-0.2, 0) is 6.54 Å². The summed E-state index contributed by atoms with van der Waals surface area (Å²) < 4.78 is 0. The van der Waals surface area contributed by atoms with Crippen LogP contribution < -0.4 is 11.1 Å². The van der Waals surface area contributed by atoms with Crippen LogP contribution in [0.1, 0.15) is 17.5 Å². The second kappa shape index (κ2) is 6.88. The fraction of sp³-hybridized carbons (Fsp3) is 0.231. The number of hydrogen-bond acceptors (Lipinski definition) is 5. The van der Waals surface area contributed by atoms with Crippen LogP contribution in [0.4, 0.5) is 5.69 Å². The molecule has 0 aliphatic heterocycles. The number of nitrogens with two attached hydrogens (primary N) is 1. The molecule has 0 amide bonds. The van der Waals surface area contributed by atoms with E-state index in [1.54, 1.807) is 29.3 Å². The number of nitrogens with zero attached hydrogens (tertiary/aromatic N) is 1. The molecule has 0 unspecified atom stereocenters. The van der Waals surface area contributed by atoms with Gasteiger partial charge in [0, 0.05) is 27.7 Å². The molecular formula is C13H15N3S3. The van der Waals surface area contributed by atoms with Gasteiger partial charge in [0.15, 0.2) is 0 Å². The van der Waals surface area contributed by atoms with Crippen LogP contribution in [0.3, 0.4) is 0 Å². The molecule has 1 aromatic heterocycles. The molecule has 0 spiro atoms. The maximum Gasteiger partial charge on any atom is 0.112 e. The second-order valence-corrected chi connectivity index (χ2v) is 6.48. The zero-order valence-corrected chi connectivity index (χ0v) is 13.0. The van der Waals surface area contributed by atoms with E-state index in [0.29, 0.717) is 11.5 Å². The van der Waals surface area contributed by atoms with Crippen LogP contribution in [-0.4, -0.2) is 15.7 Å². The molecule has 0 radical (unpaired) electrons. The highest BCUT2D eigenvalue weighted by atomic mass is 32.2. The number of rotatable bonds is 6. The van der Waals surface area contributed by atoms with E-state index in [9.17, 15) is 0 Å². The normalized spacial score (nSPS) is 10.4. The summed E-state index contributed by atoms with van der Waals surface area (Å²) in [4.78, 5) is 5.80. The standard InChI is InChI=1S/C13H15N3S3/c1-2-18-10-5-3-4-9(12(10)13(14)17)16-8-11-15-6-7-19-11/h3-7,16H,2,8H2,1H3,(H2,14,17). The van der Waals surface area contributed by atoms with E-state index in [2.05, 4.69) is 23.3 Å². The van der Waals surface area contributed by atoms with E-state index in [1.165, 1.54) is 0 Å². The molecule has 0 saturated heterocycles. The molecule has 1 heterocycles. The van der Waals surface area contributed by atoms with Crippen LogP contribution >= 0.6 is 35.3 Å². The molecular weight excluding hydrogens is 294 g/mol. The van der Waals surface area contributed by atoms with Gasteiger partial charge < -0.3 is 11.1 Å². The summed E-state index contributed by atoms with van der Waals surface area (Å²) in [6.45, 7) is 2.80. The van der Waals surface area contributed by atoms with E-state index >= 15 is 0 Å². The van der Waals surface area contributed by atoms with Crippen molar-refractivity contribution in [1.82, 2.24) is 4.98 Å². The molecule has 0 fully saturated rings. The molecule has 0 aliphatic rings. The monoisotopic (exact) mass is 309 g/mol. The van der Waals surface area contributed by atoms with E-state index in [-0.39, 0.29) is 0 Å². The minimum absolute atomic E-state index is 0.429. The number of anilines is 1. The summed E-state index contributed by atoms with van der Waals surface area (Å²) in [7, 11) is 0. The van der Waals surface area contributed by atoms with Gasteiger partial charge in [-0.1, -0.05) is 25.2 Å². The molecule has 19 heavy (non-hydrogen) atoms. The first-order chi connectivity index (χ1) is 9.22. The van der Waals surface area contributed by atoms with Crippen LogP contribution in [0.15, 0.2) is 34.7 Å². The van der Waals surface area contributed by atoms with Crippen molar-refractivity contribution < 1.29 is 0 Å². The highest BCUT2D eigenvalue weighted by molar-refractivity contribution is 7.99. The van der Waals surface area contributed by atoms with Gasteiger partial charge in [-0.3, -0.25) is 0 Å². The third-order valence-corrected chi connectivity index (χ3v) is 4.41. The summed E-state index contributed by atoms with van der Waals surface area (Å²) in [5, 5.41) is 6.37. The minimum Gasteiger partial charge on any atom is -0.389 e. The molecule has 2 aromatic rings. The predicted octanol–water partition coefficient (Wildman–Crippen LogP) is 3.50. The zero-order chi connectivity index (χ0) is 13.7. The van der Waals surface area contributed by atoms with Crippen molar-refractivity contribution in [1.29, 1.82) is 0 Å². The number of thioether (sulfide) groups is 1. The van der Waals surface area contributed by atoms with Crippen LogP contribution in [0.25, 0.3) is 0 Å². The van der Waals surface area contributed by atoms with E-state index in [1.807, 2.05) is 17.5 Å². The van der Waals surface area contributed by atoms with Gasteiger partial charge in [0.05, 0.1) is 6.54 Å². The number of aromatic nitrogens is 1. The van der Waals surface area contributed by atoms with Crippen LogP contribution in [0, 0.1) is 0 Å². The topological polar surface area (TPSA) is 50.9 Å². The lowest BCUT2D eigenvalue weighted by molar-refractivity contribution is 1.10. The predicted molar refractivity (Wildman–Crippen MR) is 88.2 cm³/mol. The summed E-state index contributed by atoms with van der Waals surface area (Å²) in [5.74, 6) is 0.992. The lowest BCUT2D eigenvalue weighted by Crippen LogP contribution is -2.14. The maximum atomic E-state index is 5.86. The fourth-order valence-electron chi connectivity index (χ4n) is 1.72. The Bertz CT molecular complexity index is 552. The number of hydrogen-bond donors (Lipinski definition) is 2. The number of benzene rings is 1. The Morgan fingerprint density at radius 1 is 1.53 bits per heavy atom. The average Bonchev–Trinajstić information content (AvgIpc) is 2.89. The summed E-state index contributed by atoms with van der Waals surface area (Å²) >= 11 is 8.55. The smallest absolute Gasteiger partial charge is 0.112 e. The van der Waals surface area contributed by atoms with Crippen molar-refractivity contribution in [3.8, 4) is 0 Å². The molecule has 6 heteroatoms. The lowest BCUT2D eigenvalue weighted by Gasteiger charge is -2.14. The van der Waals surface area contributed by atoms with Gasteiger partial charge >= 0.3 is 0 Å². The SMILES string of the molecule is CCSc1cccc(NCc2nccs2)c1C(N)=S. The lowest BCUT2D eigenvalue weighted by atomic mass is 10.1. The Morgan fingerprint density at radius 2 is 2.37 bits per heavy atom. The fourth-order valence-corrected chi connectivity index (χ4v) is 3.41. The molecule has 0 aliphatic carbocycles. The molecule has 3 nitrogen and oxygen atoms in total. The van der Waals surface area contributed by atoms with E-state index in [4.69, 9.17) is 18.0 Å². The van der Waals surface area contributed by atoms with Crippen molar-refractivity contribution in [2.45, 2.75) is 18.4 Å². The first-order valence-electron chi connectivity index (χ1n) is 5.90. The largest absolute Gasteiger partial charge is 0.389 e. The molecule has 1 aromatic carbocycles. The first-order valence-corrected chi connectivity index (χ1v) is 8.17. The van der Waals surface area contributed by atoms with Gasteiger partial charge in [0.2, 0.25) is 0 Å². The third-order valence-electron chi connectivity index (χ3n) is 2.49. The summed E-state index contributed by atoms with van der Waals surface area (Å²) in [6.07, 6.45) is 1.81. The molecule has 0 atom stereocenters. The molecule has 100 valence electrons. The summed E-state index contributed by atoms with van der Waals surface area (Å²) in [6, 6.07) is 6.07. The van der Waals surface area contributed by atoms with Gasteiger partial charge in [-0.05, 0) is 17.9 Å². The molecule has 3 N–H and O–H groups in total. The Hall–Kier alpha value is -1.11. The maximum absolute atomic E-state index is 5.86. The van der Waals surface area contributed by atoms with E-state index in [0.717, 1.165) is 26.9 Å². The van der Waals surface area contributed by atoms with Crippen molar-refractivity contribution >= 4 is 46.0 Å². The average molecular weight is 309 g/mol. The number of thiazole rings is 1. The Kier molecular flexibility index (Phi) is 5.18. The second-order valence-electron chi connectivity index (χ2n) is 3.76. The van der Waals surface area contributed by atoms with Crippen LogP contribution in [0.5, 0.6) is 0 Å². The van der Waals surface area contributed by atoms with Gasteiger partial charge in [-0.25, -0.2) is 4.98 Å².